The molecule has 3 unspecified atom stereocenters. The summed E-state index contributed by atoms with van der Waals surface area (Å²) in [6.45, 7) is 9.22. The monoisotopic (exact) mass is 569 g/mol. The molecule has 13 nitrogen and oxygen atoms in total. The maximum absolute atomic E-state index is 13.6. The van der Waals surface area contributed by atoms with Gasteiger partial charge in [0.25, 0.3) is 0 Å². The Hall–Kier alpha value is -2.32. The van der Waals surface area contributed by atoms with Gasteiger partial charge in [0.2, 0.25) is 11.9 Å². The predicted molar refractivity (Wildman–Crippen MR) is 132 cm³/mol. The van der Waals surface area contributed by atoms with Crippen molar-refractivity contribution < 1.29 is 58.2 Å². The number of aliphatic hydroxyl groups excluding tert-OH is 1. The lowest BCUT2D eigenvalue weighted by atomic mass is 9.51. The topological polar surface area (TPSA) is 201 Å². The Morgan fingerprint density at radius 1 is 1.12 bits per heavy atom. The number of carbonyl (C=O) groups is 4. The molecule has 6 aliphatic rings. The number of aliphatic carboxylic acids is 1. The number of fused-ring (bicyclic) bond motifs is 1. The highest BCUT2D eigenvalue weighted by Gasteiger charge is 3.04. The number of carbonyl (C=O) groups excluding carboxylic acids is 3. The summed E-state index contributed by atoms with van der Waals surface area (Å²) >= 11 is 0. The summed E-state index contributed by atoms with van der Waals surface area (Å²) in [5, 5.41) is 33.1. The zero-order valence-electron chi connectivity index (χ0n) is 23.4. The molecular weight excluding hydrogens is 530 g/mol. The highest BCUT2D eigenvalue weighted by atomic mass is 16.8. The van der Waals surface area contributed by atoms with Crippen LogP contribution in [0.25, 0.3) is 0 Å². The van der Waals surface area contributed by atoms with Gasteiger partial charge < -0.3 is 44.7 Å². The van der Waals surface area contributed by atoms with Gasteiger partial charge in [0.1, 0.15) is 18.8 Å². The van der Waals surface area contributed by atoms with Gasteiger partial charge in [-0.25, -0.2) is 14.4 Å². The van der Waals surface area contributed by atoms with Crippen LogP contribution in [0.2, 0.25) is 0 Å². The number of ether oxygens (including phenoxy) is 5. The smallest absolute Gasteiger partial charge is 0.343 e. The molecule has 13 heteroatoms. The lowest BCUT2D eigenvalue weighted by Crippen LogP contribution is -2.67. The van der Waals surface area contributed by atoms with E-state index in [0.717, 1.165) is 6.54 Å². The molecule has 6 fully saturated rings. The minimum atomic E-state index is -2.32. The van der Waals surface area contributed by atoms with Gasteiger partial charge in [0.05, 0.1) is 16.7 Å². The second-order valence-corrected chi connectivity index (χ2v) is 12.8. The van der Waals surface area contributed by atoms with E-state index in [4.69, 9.17) is 29.4 Å². The maximum atomic E-state index is 13.6. The number of nitrogens with two attached hydrogens (primary N) is 1. The van der Waals surface area contributed by atoms with Crippen molar-refractivity contribution in [2.75, 3.05) is 13.2 Å². The molecule has 0 aromatic carbocycles. The summed E-state index contributed by atoms with van der Waals surface area (Å²) in [6, 6.07) is 0. The molecule has 2 saturated carbocycles. The molecule has 2 aliphatic carbocycles. The minimum Gasteiger partial charge on any atom is -0.480 e. The molecule has 11 atom stereocenters. The van der Waals surface area contributed by atoms with E-state index in [-0.39, 0.29) is 6.42 Å². The Labute approximate surface area is 231 Å². The van der Waals surface area contributed by atoms with Gasteiger partial charge in [0, 0.05) is 0 Å². The Kier molecular flexibility index (Phi) is 6.63. The molecule has 4 saturated heterocycles. The molecule has 0 aromatic rings. The van der Waals surface area contributed by atoms with E-state index in [1.54, 1.807) is 0 Å². The molecule has 0 amide bonds. The Morgan fingerprint density at radius 2 is 1.80 bits per heavy atom. The van der Waals surface area contributed by atoms with E-state index in [0.29, 0.717) is 0 Å². The fourth-order valence-corrected chi connectivity index (χ4v) is 8.85. The van der Waals surface area contributed by atoms with Crippen molar-refractivity contribution in [1.29, 1.82) is 0 Å². The summed E-state index contributed by atoms with van der Waals surface area (Å²) in [6.07, 6.45) is -3.32. The van der Waals surface area contributed by atoms with Crippen LogP contribution in [0.3, 0.4) is 0 Å². The summed E-state index contributed by atoms with van der Waals surface area (Å²) in [7, 11) is 0. The third-order valence-corrected chi connectivity index (χ3v) is 10.1. The quantitative estimate of drug-likeness (QED) is 0.187. The number of aliphatic hydroxyl groups is 2. The average molecular weight is 570 g/mol. The maximum Gasteiger partial charge on any atom is 0.343 e. The van der Waals surface area contributed by atoms with Gasteiger partial charge in [-0.2, -0.15) is 0 Å². The molecule has 0 aromatic heterocycles. The Morgan fingerprint density at radius 3 is 2.35 bits per heavy atom. The number of carboxylic acids is 1. The van der Waals surface area contributed by atoms with Crippen LogP contribution in [-0.4, -0.2) is 94.3 Å². The van der Waals surface area contributed by atoms with Crippen LogP contribution in [0.5, 0.6) is 0 Å². The Bertz CT molecular complexity index is 1120. The van der Waals surface area contributed by atoms with Gasteiger partial charge in [0.15, 0.2) is 17.8 Å². The summed E-state index contributed by atoms with van der Waals surface area (Å²) < 4.78 is 28.5. The molecule has 2 spiro atoms. The highest BCUT2D eigenvalue weighted by Crippen LogP contribution is 2.84. The minimum absolute atomic E-state index is 0.169. The fraction of sp³-hybridized carbons (Fsp3) is 0.852. The van der Waals surface area contributed by atoms with Crippen LogP contribution in [0.1, 0.15) is 60.3 Å². The van der Waals surface area contributed by atoms with E-state index in [1.807, 2.05) is 20.8 Å². The first kappa shape index (κ1) is 29.2. The standard InChI is InChI=1S/C22H26O12.C5H13N/c1-7-14(26)32-12-11(25)20-9-5-8(18(2,3)4)19(20)13(30-6-10(23)24)15(27)33-17(19)34-22(20,16(28)31-9)21(7,12)29;1-2-3-4-5-6/h7-9,11-13,17,25,29H,5-6H2,1-4H3,(H,23,24);2-6H2,1H3/t7?,8-,9?,11-,12-,13-,17-,19?,20-,21+,22+;/m0./s1. The molecule has 0 radical (unpaired) electrons. The third-order valence-electron chi connectivity index (χ3n) is 10.1. The van der Waals surface area contributed by atoms with E-state index in [1.165, 1.54) is 26.2 Å². The summed E-state index contributed by atoms with van der Waals surface area (Å²) in [4.78, 5) is 50.5. The zero-order chi connectivity index (χ0) is 29.6. The first-order chi connectivity index (χ1) is 18.6. The molecule has 4 heterocycles. The van der Waals surface area contributed by atoms with Crippen LogP contribution in [0.15, 0.2) is 0 Å². The van der Waals surface area contributed by atoms with E-state index in [2.05, 4.69) is 6.92 Å². The van der Waals surface area contributed by atoms with Crippen LogP contribution < -0.4 is 5.73 Å². The highest BCUT2D eigenvalue weighted by molar-refractivity contribution is 5.94. The van der Waals surface area contributed by atoms with Crippen molar-refractivity contribution in [2.45, 2.75) is 102 Å². The van der Waals surface area contributed by atoms with Crippen molar-refractivity contribution in [3.8, 4) is 0 Å². The molecule has 0 bridgehead atoms. The van der Waals surface area contributed by atoms with Crippen molar-refractivity contribution in [2.24, 2.45) is 33.8 Å². The summed E-state index contributed by atoms with van der Waals surface area (Å²) in [5.41, 5.74) is -3.40. The van der Waals surface area contributed by atoms with Gasteiger partial charge in [-0.05, 0) is 37.6 Å². The second kappa shape index (κ2) is 9.09. The number of rotatable bonds is 6. The number of carboxylic acid groups (broad SMARTS) is 1. The van der Waals surface area contributed by atoms with Crippen LogP contribution in [0, 0.1) is 28.1 Å². The van der Waals surface area contributed by atoms with E-state index < -0.39 is 100 Å². The van der Waals surface area contributed by atoms with E-state index >= 15 is 0 Å². The first-order valence-electron chi connectivity index (χ1n) is 13.9. The Balaban J connectivity index is 0.000000487. The lowest BCUT2D eigenvalue weighted by Gasteiger charge is -2.48. The third kappa shape index (κ3) is 3.00. The van der Waals surface area contributed by atoms with Crippen LogP contribution >= 0.6 is 0 Å². The zero-order valence-corrected chi connectivity index (χ0v) is 23.4. The van der Waals surface area contributed by atoms with Gasteiger partial charge in [-0.3, -0.25) is 4.79 Å². The van der Waals surface area contributed by atoms with Crippen molar-refractivity contribution in [1.82, 2.24) is 0 Å². The van der Waals surface area contributed by atoms with Gasteiger partial charge >= 0.3 is 23.9 Å². The molecule has 40 heavy (non-hydrogen) atoms. The molecule has 224 valence electrons. The number of esters is 3. The van der Waals surface area contributed by atoms with Crippen molar-refractivity contribution in [3.05, 3.63) is 0 Å². The normalized spacial score (nSPS) is 47.5. The molecule has 5 N–H and O–H groups in total. The fourth-order valence-electron chi connectivity index (χ4n) is 8.85. The first-order valence-corrected chi connectivity index (χ1v) is 13.9. The van der Waals surface area contributed by atoms with Gasteiger partial charge in [-0.1, -0.05) is 40.5 Å². The molecule has 6 rings (SSSR count). The largest absolute Gasteiger partial charge is 0.480 e. The number of hydrogen-bond acceptors (Lipinski definition) is 12. The van der Waals surface area contributed by atoms with Crippen LogP contribution in [0.4, 0.5) is 0 Å². The van der Waals surface area contributed by atoms with Crippen molar-refractivity contribution >= 4 is 23.9 Å². The summed E-state index contributed by atoms with van der Waals surface area (Å²) in [5.74, 6) is -5.84. The van der Waals surface area contributed by atoms with Crippen LogP contribution in [-0.2, 0) is 42.9 Å². The van der Waals surface area contributed by atoms with Crippen molar-refractivity contribution in [3.63, 3.8) is 0 Å². The molecular formula is C27H39NO12. The lowest BCUT2D eigenvalue weighted by molar-refractivity contribution is -0.240. The SMILES string of the molecule is CC1C(=O)O[C@H]2[C@H](O)[C@@]34C5C[C@@H](C(C)(C)C)C36[C@@H](OC(=O)[C@@H]6OCC(=O)O)O[C@@]4(C(=O)O5)[C@@]12O.CCCCCN. The molecule has 4 aliphatic heterocycles. The van der Waals surface area contributed by atoms with Gasteiger partial charge in [-0.15, -0.1) is 0 Å². The van der Waals surface area contributed by atoms with E-state index in [9.17, 15) is 34.5 Å². The number of hydrogen-bond donors (Lipinski definition) is 4. The second-order valence-electron chi connectivity index (χ2n) is 12.8. The average Bonchev–Trinajstić information content (AvgIpc) is 3.58. The predicted octanol–water partition coefficient (Wildman–Crippen LogP) is -0.125. The number of unbranched alkanes of at least 4 members (excludes halogenated alkanes) is 2.